The molecule has 2 aromatic rings. The number of amides is 1. The van der Waals surface area contributed by atoms with Gasteiger partial charge in [-0.2, -0.15) is 0 Å². The molecule has 0 bridgehead atoms. The van der Waals surface area contributed by atoms with Gasteiger partial charge in [0.25, 0.3) is 0 Å². The van der Waals surface area contributed by atoms with E-state index in [4.69, 9.17) is 0 Å². The van der Waals surface area contributed by atoms with Crippen LogP contribution in [0.15, 0.2) is 54.6 Å². The van der Waals surface area contributed by atoms with Crippen molar-refractivity contribution in [1.29, 1.82) is 0 Å². The number of carbonyl (C=O) groups is 1. The summed E-state index contributed by atoms with van der Waals surface area (Å²) in [6.07, 6.45) is 8.79. The van der Waals surface area contributed by atoms with Crippen molar-refractivity contribution in [3.8, 4) is 0 Å². The van der Waals surface area contributed by atoms with Gasteiger partial charge in [-0.05, 0) is 54.2 Å². The first-order valence-electron chi connectivity index (χ1n) is 13.6. The van der Waals surface area contributed by atoms with Crippen LogP contribution in [0.2, 0.25) is 0 Å². The fourth-order valence-corrected chi connectivity index (χ4v) is 7.69. The molecule has 6 rings (SSSR count). The Hall–Kier alpha value is -2.17. The van der Waals surface area contributed by atoms with Gasteiger partial charge in [0.1, 0.15) is 0 Å². The molecule has 1 saturated carbocycles. The molecule has 3 aliphatic heterocycles. The smallest absolute Gasteiger partial charge is 0.228 e. The van der Waals surface area contributed by atoms with Crippen LogP contribution in [0, 0.1) is 11.8 Å². The molecular weight excluding hydrogens is 418 g/mol. The molecule has 1 spiro atoms. The minimum atomic E-state index is -0.126. The number of hydrogen-bond acceptors (Lipinski definition) is 3. The number of hydrogen-bond donors (Lipinski definition) is 2. The van der Waals surface area contributed by atoms with Crippen molar-refractivity contribution in [3.63, 3.8) is 0 Å². The lowest BCUT2D eigenvalue weighted by Gasteiger charge is -2.48. The van der Waals surface area contributed by atoms with Crippen LogP contribution in [0.4, 0.5) is 0 Å². The average molecular weight is 458 g/mol. The summed E-state index contributed by atoms with van der Waals surface area (Å²) >= 11 is 0. The molecule has 4 heteroatoms. The first-order chi connectivity index (χ1) is 16.8. The molecule has 2 aromatic carbocycles. The zero-order chi connectivity index (χ0) is 23.0. The van der Waals surface area contributed by atoms with Crippen molar-refractivity contribution in [3.05, 3.63) is 71.3 Å². The van der Waals surface area contributed by atoms with Gasteiger partial charge in [-0.1, -0.05) is 73.9 Å². The highest BCUT2D eigenvalue weighted by Crippen LogP contribution is 2.44. The summed E-state index contributed by atoms with van der Waals surface area (Å²) in [6, 6.07) is 20.2. The van der Waals surface area contributed by atoms with Crippen molar-refractivity contribution < 1.29 is 4.79 Å². The topological polar surface area (TPSA) is 44.4 Å². The zero-order valence-corrected chi connectivity index (χ0v) is 20.3. The highest BCUT2D eigenvalue weighted by atomic mass is 16.2. The standard InChI is InChI=1S/C30H39N3O/c34-29(27-19-32-21-30(27)20-31-18-25-13-7-8-14-26(25)30)33-16-15-24(22-9-3-1-4-10-22)17-28(33)23-11-5-2-6-12-23/h1,3-4,7-10,13-14,23-24,27-28,31-32H,2,5-6,11-12,15-21H2/t24-,27?,28+,30-/m1/s1. The van der Waals surface area contributed by atoms with E-state index in [1.54, 1.807) is 0 Å². The van der Waals surface area contributed by atoms with Gasteiger partial charge in [-0.3, -0.25) is 4.79 Å². The molecule has 1 aliphatic carbocycles. The average Bonchev–Trinajstić information content (AvgIpc) is 3.33. The van der Waals surface area contributed by atoms with E-state index < -0.39 is 0 Å². The molecule has 4 aliphatic rings. The van der Waals surface area contributed by atoms with Crippen molar-refractivity contribution in [2.45, 2.75) is 68.9 Å². The van der Waals surface area contributed by atoms with Gasteiger partial charge in [0.2, 0.25) is 5.91 Å². The number of benzene rings is 2. The van der Waals surface area contributed by atoms with E-state index in [-0.39, 0.29) is 11.3 Å². The second kappa shape index (κ2) is 9.47. The molecular formula is C30H39N3O. The Labute approximate surface area is 204 Å². The normalized spacial score (nSPS) is 32.0. The lowest BCUT2D eigenvalue weighted by molar-refractivity contribution is -0.142. The van der Waals surface area contributed by atoms with Crippen LogP contribution in [-0.2, 0) is 16.8 Å². The minimum absolute atomic E-state index is 0.0146. The van der Waals surface area contributed by atoms with Gasteiger partial charge in [0.05, 0.1) is 5.92 Å². The maximum Gasteiger partial charge on any atom is 0.228 e. The lowest BCUT2D eigenvalue weighted by Crippen LogP contribution is -2.57. The second-order valence-electron chi connectivity index (χ2n) is 11.2. The van der Waals surface area contributed by atoms with E-state index in [1.165, 1.54) is 48.8 Å². The maximum absolute atomic E-state index is 14.4. The van der Waals surface area contributed by atoms with E-state index in [2.05, 4.69) is 70.1 Å². The van der Waals surface area contributed by atoms with E-state index in [1.807, 2.05) is 0 Å². The molecule has 0 radical (unpaired) electrons. The Balaban J connectivity index is 1.30. The molecule has 4 atom stereocenters. The van der Waals surface area contributed by atoms with Gasteiger partial charge < -0.3 is 15.5 Å². The summed E-state index contributed by atoms with van der Waals surface area (Å²) in [5.74, 6) is 1.66. The summed E-state index contributed by atoms with van der Waals surface area (Å²) < 4.78 is 0. The molecule has 1 amide bonds. The third-order valence-corrected chi connectivity index (χ3v) is 9.46. The van der Waals surface area contributed by atoms with Crippen molar-refractivity contribution in [1.82, 2.24) is 15.5 Å². The summed E-state index contributed by atoms with van der Waals surface area (Å²) in [4.78, 5) is 16.8. The predicted molar refractivity (Wildman–Crippen MR) is 137 cm³/mol. The van der Waals surface area contributed by atoms with Gasteiger partial charge in [-0.15, -0.1) is 0 Å². The van der Waals surface area contributed by atoms with Gasteiger partial charge in [-0.25, -0.2) is 0 Å². The van der Waals surface area contributed by atoms with E-state index in [9.17, 15) is 4.79 Å². The Morgan fingerprint density at radius 1 is 0.882 bits per heavy atom. The highest BCUT2D eigenvalue weighted by Gasteiger charge is 2.52. The minimum Gasteiger partial charge on any atom is -0.339 e. The zero-order valence-electron chi connectivity index (χ0n) is 20.3. The summed E-state index contributed by atoms with van der Waals surface area (Å²) in [5.41, 5.74) is 4.09. The molecule has 3 fully saturated rings. The largest absolute Gasteiger partial charge is 0.339 e. The lowest BCUT2D eigenvalue weighted by atomic mass is 9.68. The fraction of sp³-hybridized carbons (Fsp3) is 0.567. The monoisotopic (exact) mass is 457 g/mol. The van der Waals surface area contributed by atoms with Crippen LogP contribution in [0.3, 0.4) is 0 Å². The number of likely N-dealkylation sites (tertiary alicyclic amines) is 1. The van der Waals surface area contributed by atoms with E-state index in [0.29, 0.717) is 23.8 Å². The van der Waals surface area contributed by atoms with Crippen molar-refractivity contribution >= 4 is 5.91 Å². The molecule has 0 aromatic heterocycles. The Morgan fingerprint density at radius 3 is 2.50 bits per heavy atom. The number of fused-ring (bicyclic) bond motifs is 2. The number of carbonyl (C=O) groups excluding carboxylic acids is 1. The third-order valence-electron chi connectivity index (χ3n) is 9.46. The molecule has 2 N–H and O–H groups in total. The second-order valence-corrected chi connectivity index (χ2v) is 11.2. The first kappa shape index (κ1) is 22.3. The SMILES string of the molecule is O=C(C1CNC[C@@]12CNCc1ccccc12)N1CC[C@@H](c2ccccc2)C[C@H]1C1CCCCC1. The maximum atomic E-state index is 14.4. The predicted octanol–water partition coefficient (Wildman–Crippen LogP) is 4.60. The summed E-state index contributed by atoms with van der Waals surface area (Å²) in [5, 5.41) is 7.29. The number of nitrogens with one attached hydrogen (secondary N) is 2. The number of nitrogens with zero attached hydrogens (tertiary/aromatic N) is 1. The molecule has 1 unspecified atom stereocenters. The fourth-order valence-electron chi connectivity index (χ4n) is 7.69. The molecule has 34 heavy (non-hydrogen) atoms. The third kappa shape index (κ3) is 3.89. The Kier molecular flexibility index (Phi) is 6.21. The Bertz CT molecular complexity index is 1000. The van der Waals surface area contributed by atoms with Crippen molar-refractivity contribution in [2.75, 3.05) is 26.2 Å². The highest BCUT2D eigenvalue weighted by molar-refractivity contribution is 5.82. The van der Waals surface area contributed by atoms with Gasteiger partial charge in [0.15, 0.2) is 0 Å². The van der Waals surface area contributed by atoms with Crippen molar-refractivity contribution in [2.24, 2.45) is 11.8 Å². The van der Waals surface area contributed by atoms with E-state index >= 15 is 0 Å². The van der Waals surface area contributed by atoms with Crippen LogP contribution in [0.5, 0.6) is 0 Å². The number of piperidine rings is 1. The Morgan fingerprint density at radius 2 is 1.65 bits per heavy atom. The van der Waals surface area contributed by atoms with Crippen LogP contribution in [-0.4, -0.2) is 43.0 Å². The number of rotatable bonds is 3. The van der Waals surface area contributed by atoms with E-state index in [0.717, 1.165) is 45.6 Å². The molecule has 2 saturated heterocycles. The van der Waals surface area contributed by atoms with Gasteiger partial charge in [0, 0.05) is 44.2 Å². The van der Waals surface area contributed by atoms with Crippen LogP contribution in [0.1, 0.15) is 67.6 Å². The van der Waals surface area contributed by atoms with Crippen LogP contribution in [0.25, 0.3) is 0 Å². The summed E-state index contributed by atoms with van der Waals surface area (Å²) in [6.45, 7) is 4.39. The molecule has 3 heterocycles. The molecule has 4 nitrogen and oxygen atoms in total. The van der Waals surface area contributed by atoms with Gasteiger partial charge >= 0.3 is 0 Å². The van der Waals surface area contributed by atoms with Crippen LogP contribution >= 0.6 is 0 Å². The quantitative estimate of drug-likeness (QED) is 0.708. The molecule has 180 valence electrons. The first-order valence-corrected chi connectivity index (χ1v) is 13.6. The van der Waals surface area contributed by atoms with Crippen LogP contribution < -0.4 is 10.6 Å². The summed E-state index contributed by atoms with van der Waals surface area (Å²) in [7, 11) is 0.